The van der Waals surface area contributed by atoms with E-state index in [2.05, 4.69) is 43.1 Å². The van der Waals surface area contributed by atoms with Crippen LogP contribution >= 0.6 is 0 Å². The highest BCUT2D eigenvalue weighted by molar-refractivity contribution is 6.19. The number of fused-ring (bicyclic) bond motifs is 12. The van der Waals surface area contributed by atoms with E-state index in [4.69, 9.17) is 10.5 Å². The lowest BCUT2D eigenvalue weighted by Crippen LogP contribution is -2.55. The van der Waals surface area contributed by atoms with Gasteiger partial charge in [-0.2, -0.15) is 0 Å². The lowest BCUT2D eigenvalue weighted by Gasteiger charge is -2.38. The van der Waals surface area contributed by atoms with Crippen molar-refractivity contribution in [3.63, 3.8) is 0 Å². The number of ether oxygens (including phenoxy) is 1. The van der Waals surface area contributed by atoms with Crippen molar-refractivity contribution in [1.82, 2.24) is 9.88 Å². The zero-order chi connectivity index (χ0) is 27.4. The first-order valence-corrected chi connectivity index (χ1v) is 13.6. The lowest BCUT2D eigenvalue weighted by molar-refractivity contribution is -0.197. The maximum absolute atomic E-state index is 12.8. The number of aryl methyl sites for hydroxylation is 3. The van der Waals surface area contributed by atoms with E-state index in [1.807, 2.05) is 23.6 Å². The third-order valence-electron chi connectivity index (χ3n) is 9.19. The minimum atomic E-state index is -2.17. The van der Waals surface area contributed by atoms with E-state index in [1.54, 1.807) is 6.92 Å². The Kier molecular flexibility index (Phi) is 4.89. The molecule has 1 fully saturated rings. The predicted molar refractivity (Wildman–Crippen MR) is 154 cm³/mol. The molecule has 3 aliphatic rings. The van der Waals surface area contributed by atoms with Crippen molar-refractivity contribution in [2.75, 3.05) is 12.3 Å². The van der Waals surface area contributed by atoms with Crippen LogP contribution in [-0.2, 0) is 28.1 Å². The Morgan fingerprint density at radius 2 is 1.92 bits per heavy atom. The first-order valence-electron chi connectivity index (χ1n) is 13.6. The van der Waals surface area contributed by atoms with Gasteiger partial charge in [0.05, 0.1) is 22.8 Å². The van der Waals surface area contributed by atoms with Crippen LogP contribution in [0.2, 0.25) is 0 Å². The number of rotatable bonds is 1. The highest BCUT2D eigenvalue weighted by Gasteiger charge is 2.63. The van der Waals surface area contributed by atoms with Crippen LogP contribution in [-0.4, -0.2) is 39.0 Å². The molecule has 7 rings (SSSR count). The van der Waals surface area contributed by atoms with E-state index in [9.17, 15) is 15.0 Å². The molecule has 1 aromatic heterocycles. The Morgan fingerprint density at radius 3 is 2.69 bits per heavy atom. The number of aliphatic carboxylic acids is 1. The topological polar surface area (TPSA) is 110 Å². The molecule has 0 radical (unpaired) electrons. The molecule has 5 N–H and O–H groups in total. The Labute approximate surface area is 226 Å². The molecule has 3 aromatic carbocycles. The number of carbonyl (C=O) groups is 1. The van der Waals surface area contributed by atoms with Crippen molar-refractivity contribution in [2.45, 2.75) is 63.9 Å². The zero-order valence-corrected chi connectivity index (χ0v) is 22.5. The number of nitrogens with two attached hydrogens (primary N) is 1. The minimum absolute atomic E-state index is 0.0386. The second kappa shape index (κ2) is 7.87. The summed E-state index contributed by atoms with van der Waals surface area (Å²) in [6.07, 6.45) is 1.62. The Balaban J connectivity index is 1.79. The average Bonchev–Trinajstić information content (AvgIpc) is 3.27. The molecule has 4 heterocycles. The van der Waals surface area contributed by atoms with Gasteiger partial charge < -0.3 is 30.6 Å². The first kappa shape index (κ1) is 24.2. The van der Waals surface area contributed by atoms with Crippen LogP contribution in [0.1, 0.15) is 47.6 Å². The maximum atomic E-state index is 12.8. The first-order chi connectivity index (χ1) is 18.5. The standard InChI is InChI=1S/C32H33N3O4/c1-16-7-9-19-14-20-15-32(38,30(36)37)31(4,39-20)35-24-10-8-17(2)13-23(24)26-21-6-5-11-34-18(3)25(21)27(22(19)12-16)28(33)29(26)35/h7-10,12-13,20,34,38H,3,5-6,11,14-15,33H2,1-2,4H3,(H,36,37)/t20?,31?,32-/m0/s1. The molecule has 4 bridgehead atoms. The third-order valence-corrected chi connectivity index (χ3v) is 9.19. The van der Waals surface area contributed by atoms with Gasteiger partial charge >= 0.3 is 5.97 Å². The second-order valence-electron chi connectivity index (χ2n) is 11.7. The number of carboxylic acid groups (broad SMARTS) is 1. The van der Waals surface area contributed by atoms with Gasteiger partial charge in [0.1, 0.15) is 0 Å². The van der Waals surface area contributed by atoms with E-state index in [0.717, 1.165) is 80.3 Å². The molecule has 3 aliphatic heterocycles. The number of hydrogen-bond donors (Lipinski definition) is 4. The van der Waals surface area contributed by atoms with E-state index in [1.165, 1.54) is 0 Å². The highest BCUT2D eigenvalue weighted by Crippen LogP contribution is 2.54. The van der Waals surface area contributed by atoms with E-state index in [-0.39, 0.29) is 6.42 Å². The Bertz CT molecular complexity index is 1770. The molecule has 1 saturated heterocycles. The molecular weight excluding hydrogens is 490 g/mol. The summed E-state index contributed by atoms with van der Waals surface area (Å²) in [6.45, 7) is 11.1. The molecule has 200 valence electrons. The number of anilines is 1. The van der Waals surface area contributed by atoms with E-state index < -0.39 is 23.4 Å². The summed E-state index contributed by atoms with van der Waals surface area (Å²) in [6, 6.07) is 12.4. The Morgan fingerprint density at radius 1 is 1.18 bits per heavy atom. The van der Waals surface area contributed by atoms with Crippen molar-refractivity contribution in [1.29, 1.82) is 0 Å². The number of nitrogens with zero attached hydrogens (tertiary/aromatic N) is 1. The third kappa shape index (κ3) is 3.03. The number of carboxylic acids is 1. The second-order valence-corrected chi connectivity index (χ2v) is 11.7. The van der Waals surface area contributed by atoms with Crippen molar-refractivity contribution in [2.24, 2.45) is 0 Å². The van der Waals surface area contributed by atoms with Gasteiger partial charge in [-0.3, -0.25) is 0 Å². The summed E-state index contributed by atoms with van der Waals surface area (Å²) in [5.41, 5.74) is 13.6. The maximum Gasteiger partial charge on any atom is 0.340 e. The van der Waals surface area contributed by atoms with Crippen LogP contribution in [0.4, 0.5) is 5.69 Å². The summed E-state index contributed by atoms with van der Waals surface area (Å²) in [5, 5.41) is 27.9. The van der Waals surface area contributed by atoms with Crippen LogP contribution in [0.15, 0.2) is 43.0 Å². The van der Waals surface area contributed by atoms with E-state index in [0.29, 0.717) is 17.6 Å². The minimum Gasteiger partial charge on any atom is -0.479 e. The van der Waals surface area contributed by atoms with Crippen LogP contribution in [0.25, 0.3) is 38.6 Å². The van der Waals surface area contributed by atoms with Crippen molar-refractivity contribution < 1.29 is 19.7 Å². The monoisotopic (exact) mass is 523 g/mol. The molecule has 0 spiro atoms. The van der Waals surface area contributed by atoms with Gasteiger partial charge in [0.2, 0.25) is 5.60 Å². The van der Waals surface area contributed by atoms with Crippen molar-refractivity contribution in [3.05, 3.63) is 70.8 Å². The van der Waals surface area contributed by atoms with Gasteiger partial charge in [-0.05, 0) is 68.9 Å². The summed E-state index contributed by atoms with van der Waals surface area (Å²) in [4.78, 5) is 12.8. The molecule has 7 nitrogen and oxygen atoms in total. The number of benzene rings is 3. The van der Waals surface area contributed by atoms with Gasteiger partial charge in [0, 0.05) is 40.6 Å². The van der Waals surface area contributed by atoms with Gasteiger partial charge in [-0.25, -0.2) is 4.79 Å². The summed E-state index contributed by atoms with van der Waals surface area (Å²) in [7, 11) is 0. The van der Waals surface area contributed by atoms with Gasteiger partial charge in [0.15, 0.2) is 5.72 Å². The fraction of sp³-hybridized carbons (Fsp3) is 0.344. The predicted octanol–water partition coefficient (Wildman–Crippen LogP) is 5.00. The normalized spacial score (nSPS) is 25.8. The summed E-state index contributed by atoms with van der Waals surface area (Å²) < 4.78 is 8.55. The smallest absolute Gasteiger partial charge is 0.340 e. The van der Waals surface area contributed by atoms with Gasteiger partial charge in [-0.15, -0.1) is 0 Å². The van der Waals surface area contributed by atoms with Crippen molar-refractivity contribution in [3.8, 4) is 11.1 Å². The zero-order valence-electron chi connectivity index (χ0n) is 22.5. The molecule has 0 amide bonds. The highest BCUT2D eigenvalue weighted by atomic mass is 16.6. The number of aromatic nitrogens is 1. The SMILES string of the molecule is C=C1NCCCc2c1c1c(N)c3c2c2cc(C)ccc2n3C2(C)OC(Cc3ccc(C)cc3-1)C[C@]2(O)C(=O)O. The van der Waals surface area contributed by atoms with Crippen LogP contribution in [0, 0.1) is 13.8 Å². The molecule has 0 saturated carbocycles. The molecule has 0 aliphatic carbocycles. The Hall–Kier alpha value is -3.81. The fourth-order valence-corrected chi connectivity index (χ4v) is 7.36. The summed E-state index contributed by atoms with van der Waals surface area (Å²) in [5.74, 6) is -1.30. The molecule has 4 aromatic rings. The van der Waals surface area contributed by atoms with Crippen molar-refractivity contribution >= 4 is 39.2 Å². The van der Waals surface area contributed by atoms with Gasteiger partial charge in [0.25, 0.3) is 0 Å². The molecule has 3 atom stereocenters. The molecule has 39 heavy (non-hydrogen) atoms. The number of hydrogen-bond acceptors (Lipinski definition) is 5. The molecule has 2 unspecified atom stereocenters. The largest absolute Gasteiger partial charge is 0.479 e. The molecule has 7 heteroatoms. The van der Waals surface area contributed by atoms with Gasteiger partial charge in [-0.1, -0.05) is 42.0 Å². The van der Waals surface area contributed by atoms with E-state index >= 15 is 0 Å². The fourth-order valence-electron chi connectivity index (χ4n) is 7.36. The average molecular weight is 524 g/mol. The quantitative estimate of drug-likeness (QED) is 0.262. The summed E-state index contributed by atoms with van der Waals surface area (Å²) >= 11 is 0. The van der Waals surface area contributed by atoms with Crippen LogP contribution in [0.3, 0.4) is 0 Å². The number of aliphatic hydroxyl groups is 1. The number of nitrogens with one attached hydrogen (secondary N) is 1. The molecular formula is C32H33N3O4. The van der Waals surface area contributed by atoms with Crippen LogP contribution < -0.4 is 11.1 Å². The lowest BCUT2D eigenvalue weighted by atomic mass is 9.84. The number of nitrogen functional groups attached to an aromatic ring is 1. The van der Waals surface area contributed by atoms with Crippen LogP contribution in [0.5, 0.6) is 0 Å².